The van der Waals surface area contributed by atoms with Gasteiger partial charge in [-0.15, -0.1) is 0 Å². The lowest BCUT2D eigenvalue weighted by Gasteiger charge is -2.35. The standard InChI is InChI=1S/C11H18O2S/c1-7-5-8(12)6-11(2,3)9(7)10(13)14-4/h8,12H,5-6H2,1-4H3. The SMILES string of the molecule is CSC(=O)C1=C(C)CC(O)CC1(C)C. The molecule has 0 aliphatic heterocycles. The van der Waals surface area contributed by atoms with E-state index in [-0.39, 0.29) is 16.6 Å². The van der Waals surface area contributed by atoms with Crippen LogP contribution in [0.15, 0.2) is 11.1 Å². The first-order valence-corrected chi connectivity index (χ1v) is 6.07. The number of thioether (sulfide) groups is 1. The number of carbonyl (C=O) groups is 1. The molecule has 1 aliphatic rings. The van der Waals surface area contributed by atoms with Crippen LogP contribution in [-0.2, 0) is 4.79 Å². The molecule has 0 heterocycles. The molecule has 0 amide bonds. The molecule has 0 radical (unpaired) electrons. The van der Waals surface area contributed by atoms with Gasteiger partial charge in [-0.25, -0.2) is 0 Å². The fourth-order valence-corrected chi connectivity index (χ4v) is 3.00. The van der Waals surface area contributed by atoms with Gasteiger partial charge in [-0.3, -0.25) is 4.79 Å². The summed E-state index contributed by atoms with van der Waals surface area (Å²) >= 11 is 1.26. The van der Waals surface area contributed by atoms with Crippen LogP contribution < -0.4 is 0 Å². The third kappa shape index (κ3) is 2.20. The van der Waals surface area contributed by atoms with Crippen molar-refractivity contribution in [3.63, 3.8) is 0 Å². The Morgan fingerprint density at radius 1 is 1.57 bits per heavy atom. The Morgan fingerprint density at radius 2 is 2.14 bits per heavy atom. The van der Waals surface area contributed by atoms with Gasteiger partial charge < -0.3 is 5.11 Å². The molecule has 2 nitrogen and oxygen atoms in total. The van der Waals surface area contributed by atoms with Crippen LogP contribution in [0.25, 0.3) is 0 Å². The molecule has 80 valence electrons. The number of carbonyl (C=O) groups excluding carboxylic acids is 1. The molecule has 0 saturated heterocycles. The molecule has 0 saturated carbocycles. The van der Waals surface area contributed by atoms with Crippen LogP contribution >= 0.6 is 11.8 Å². The zero-order chi connectivity index (χ0) is 10.9. The van der Waals surface area contributed by atoms with E-state index in [1.54, 1.807) is 0 Å². The predicted molar refractivity (Wildman–Crippen MR) is 60.2 cm³/mol. The van der Waals surface area contributed by atoms with Crippen molar-refractivity contribution in [3.05, 3.63) is 11.1 Å². The first kappa shape index (κ1) is 11.8. The van der Waals surface area contributed by atoms with E-state index in [0.29, 0.717) is 12.8 Å². The first-order chi connectivity index (χ1) is 6.38. The second kappa shape index (κ2) is 4.07. The lowest BCUT2D eigenvalue weighted by Crippen LogP contribution is -2.31. The lowest BCUT2D eigenvalue weighted by molar-refractivity contribution is -0.109. The molecule has 1 unspecified atom stereocenters. The topological polar surface area (TPSA) is 37.3 Å². The maximum atomic E-state index is 11.7. The highest BCUT2D eigenvalue weighted by Gasteiger charge is 2.36. The van der Waals surface area contributed by atoms with Gasteiger partial charge >= 0.3 is 0 Å². The monoisotopic (exact) mass is 214 g/mol. The average Bonchev–Trinajstić information content (AvgIpc) is 1.99. The van der Waals surface area contributed by atoms with Gasteiger partial charge in [0.1, 0.15) is 0 Å². The van der Waals surface area contributed by atoms with E-state index in [4.69, 9.17) is 0 Å². The molecule has 3 heteroatoms. The molecule has 0 aromatic carbocycles. The Labute approximate surface area is 89.8 Å². The van der Waals surface area contributed by atoms with Crippen LogP contribution in [0.4, 0.5) is 0 Å². The maximum absolute atomic E-state index is 11.7. The molecule has 1 aliphatic carbocycles. The first-order valence-electron chi connectivity index (χ1n) is 4.85. The van der Waals surface area contributed by atoms with E-state index in [9.17, 15) is 9.90 Å². The number of rotatable bonds is 1. The molecule has 0 spiro atoms. The summed E-state index contributed by atoms with van der Waals surface area (Å²) < 4.78 is 0. The summed E-state index contributed by atoms with van der Waals surface area (Å²) in [5.41, 5.74) is 1.78. The molecular formula is C11H18O2S. The fraction of sp³-hybridized carbons (Fsp3) is 0.727. The molecular weight excluding hydrogens is 196 g/mol. The molecule has 1 rings (SSSR count). The maximum Gasteiger partial charge on any atom is 0.215 e. The Bertz CT molecular complexity index is 279. The summed E-state index contributed by atoms with van der Waals surface area (Å²) in [5.74, 6) is 0. The molecule has 0 aromatic heterocycles. The minimum Gasteiger partial charge on any atom is -0.393 e. The van der Waals surface area contributed by atoms with E-state index in [1.165, 1.54) is 11.8 Å². The Kier molecular flexibility index (Phi) is 3.43. The van der Waals surface area contributed by atoms with Gasteiger partial charge in [-0.2, -0.15) is 0 Å². The number of aliphatic hydroxyl groups excluding tert-OH is 1. The summed E-state index contributed by atoms with van der Waals surface area (Å²) in [5, 5.41) is 9.79. The molecule has 0 fully saturated rings. The van der Waals surface area contributed by atoms with Crippen molar-refractivity contribution in [2.75, 3.05) is 6.26 Å². The molecule has 1 N–H and O–H groups in total. The van der Waals surface area contributed by atoms with Crippen molar-refractivity contribution >= 4 is 16.9 Å². The summed E-state index contributed by atoms with van der Waals surface area (Å²) in [6, 6.07) is 0. The normalized spacial score (nSPS) is 26.5. The predicted octanol–water partition coefficient (Wildman–Crippen LogP) is 2.37. The van der Waals surface area contributed by atoms with Crippen LogP contribution in [0.1, 0.15) is 33.6 Å². The summed E-state index contributed by atoms with van der Waals surface area (Å²) in [6.45, 7) is 6.01. The summed E-state index contributed by atoms with van der Waals surface area (Å²) in [6.07, 6.45) is 2.85. The van der Waals surface area contributed by atoms with E-state index in [0.717, 1.165) is 11.1 Å². The molecule has 1 atom stereocenters. The van der Waals surface area contributed by atoms with Crippen molar-refractivity contribution in [2.24, 2.45) is 5.41 Å². The lowest BCUT2D eigenvalue weighted by atomic mass is 9.72. The Balaban J connectivity index is 3.09. The van der Waals surface area contributed by atoms with Crippen LogP contribution in [0.2, 0.25) is 0 Å². The van der Waals surface area contributed by atoms with Crippen molar-refractivity contribution in [2.45, 2.75) is 39.7 Å². The van der Waals surface area contributed by atoms with E-state index in [2.05, 4.69) is 0 Å². The van der Waals surface area contributed by atoms with Crippen LogP contribution in [0.3, 0.4) is 0 Å². The van der Waals surface area contributed by atoms with Crippen molar-refractivity contribution in [3.8, 4) is 0 Å². The number of hydrogen-bond donors (Lipinski definition) is 1. The Morgan fingerprint density at radius 3 is 2.57 bits per heavy atom. The third-order valence-electron chi connectivity index (χ3n) is 2.78. The molecule has 14 heavy (non-hydrogen) atoms. The zero-order valence-electron chi connectivity index (χ0n) is 9.26. The summed E-state index contributed by atoms with van der Waals surface area (Å²) in [7, 11) is 0. The third-order valence-corrected chi connectivity index (χ3v) is 3.36. The molecule has 0 aromatic rings. The van der Waals surface area contributed by atoms with Crippen molar-refractivity contribution in [1.29, 1.82) is 0 Å². The summed E-state index contributed by atoms with van der Waals surface area (Å²) in [4.78, 5) is 11.7. The van der Waals surface area contributed by atoms with Crippen molar-refractivity contribution < 1.29 is 9.90 Å². The highest BCUT2D eigenvalue weighted by Crippen LogP contribution is 2.41. The largest absolute Gasteiger partial charge is 0.393 e. The van der Waals surface area contributed by atoms with Crippen LogP contribution in [0, 0.1) is 5.41 Å². The number of aliphatic hydroxyl groups is 1. The second-order valence-electron chi connectivity index (χ2n) is 4.59. The molecule has 0 bridgehead atoms. The average molecular weight is 214 g/mol. The minimum atomic E-state index is -0.289. The number of hydrogen-bond acceptors (Lipinski definition) is 3. The van der Waals surface area contributed by atoms with Gasteiger partial charge in [0.05, 0.1) is 6.10 Å². The Hall–Kier alpha value is -0.280. The van der Waals surface area contributed by atoms with Gasteiger partial charge in [0.15, 0.2) is 0 Å². The zero-order valence-corrected chi connectivity index (χ0v) is 10.1. The van der Waals surface area contributed by atoms with E-state index >= 15 is 0 Å². The van der Waals surface area contributed by atoms with Gasteiger partial charge in [0, 0.05) is 5.57 Å². The van der Waals surface area contributed by atoms with Gasteiger partial charge in [-0.05, 0) is 31.4 Å². The van der Waals surface area contributed by atoms with Crippen LogP contribution in [0.5, 0.6) is 0 Å². The minimum absolute atomic E-state index is 0.152. The highest BCUT2D eigenvalue weighted by molar-refractivity contribution is 8.13. The van der Waals surface area contributed by atoms with E-state index < -0.39 is 0 Å². The smallest absolute Gasteiger partial charge is 0.215 e. The van der Waals surface area contributed by atoms with E-state index in [1.807, 2.05) is 27.0 Å². The quantitative estimate of drug-likeness (QED) is 0.728. The van der Waals surface area contributed by atoms with Crippen LogP contribution in [-0.4, -0.2) is 22.6 Å². The van der Waals surface area contributed by atoms with Gasteiger partial charge in [0.2, 0.25) is 5.12 Å². The van der Waals surface area contributed by atoms with Gasteiger partial charge in [-0.1, -0.05) is 31.2 Å². The fourth-order valence-electron chi connectivity index (χ4n) is 2.35. The van der Waals surface area contributed by atoms with Crippen molar-refractivity contribution in [1.82, 2.24) is 0 Å². The highest BCUT2D eigenvalue weighted by atomic mass is 32.2. The second-order valence-corrected chi connectivity index (χ2v) is 5.37. The van der Waals surface area contributed by atoms with Gasteiger partial charge in [0.25, 0.3) is 0 Å².